The number of nitrogens with two attached hydrogens (primary N) is 1. The van der Waals surface area contributed by atoms with Gasteiger partial charge in [-0.1, -0.05) is 0 Å². The third-order valence-corrected chi connectivity index (χ3v) is 4.14. The number of hydrogen-bond acceptors (Lipinski definition) is 2. The van der Waals surface area contributed by atoms with Crippen molar-refractivity contribution in [3.05, 3.63) is 19.0 Å². The predicted molar refractivity (Wildman–Crippen MR) is 59.0 cm³/mol. The van der Waals surface area contributed by atoms with E-state index in [1.165, 1.54) is 6.07 Å². The van der Waals surface area contributed by atoms with E-state index in [9.17, 15) is 8.78 Å². The Morgan fingerprint density at radius 3 is 2.42 bits per heavy atom. The maximum absolute atomic E-state index is 12.1. The highest BCUT2D eigenvalue weighted by Crippen LogP contribution is 2.25. The number of nitrogen functional groups attached to an aromatic ring is 1. The molecule has 6 heteroatoms. The van der Waals surface area contributed by atoms with Crippen molar-refractivity contribution in [2.24, 2.45) is 0 Å². The van der Waals surface area contributed by atoms with Crippen molar-refractivity contribution in [1.29, 1.82) is 0 Å². The molecule has 0 aromatic carbocycles. The molecule has 1 aromatic rings. The number of rotatable bonds is 1. The molecule has 0 aliphatic rings. The van der Waals surface area contributed by atoms with Gasteiger partial charge in [-0.15, -0.1) is 0 Å². The molecule has 66 valence electrons. The van der Waals surface area contributed by atoms with Crippen LogP contribution in [0, 0.1) is 7.27 Å². The van der Waals surface area contributed by atoms with Gasteiger partial charge in [-0.3, -0.25) is 0 Å². The van der Waals surface area contributed by atoms with Crippen LogP contribution < -0.4 is 5.73 Å². The molecule has 0 aliphatic carbocycles. The van der Waals surface area contributed by atoms with Gasteiger partial charge in [0.15, 0.2) is 0 Å². The van der Waals surface area contributed by atoms with E-state index >= 15 is 0 Å². The zero-order valence-electron chi connectivity index (χ0n) is 5.69. The van der Waals surface area contributed by atoms with Crippen LogP contribution >= 0.6 is 45.2 Å². The molecule has 2 N–H and O–H groups in total. The first-order valence-corrected chi connectivity index (χ1v) is 5.07. The Morgan fingerprint density at radius 1 is 1.42 bits per heavy atom. The summed E-state index contributed by atoms with van der Waals surface area (Å²) in [5.74, 6) is 0. The number of hydrogen-bond donors (Lipinski definition) is 1. The fourth-order valence-corrected chi connectivity index (χ4v) is 1.51. The molecule has 0 bridgehead atoms. The lowest BCUT2D eigenvalue weighted by molar-refractivity contribution is 0.146. The minimum absolute atomic E-state index is 0.266. The van der Waals surface area contributed by atoms with E-state index < -0.39 is 6.43 Å². The molecule has 0 unspecified atom stereocenters. The summed E-state index contributed by atoms with van der Waals surface area (Å²) >= 11 is 3.85. The van der Waals surface area contributed by atoms with Crippen LogP contribution in [0.2, 0.25) is 0 Å². The second-order valence-electron chi connectivity index (χ2n) is 2.04. The molecule has 1 heterocycles. The van der Waals surface area contributed by atoms with Gasteiger partial charge in [0, 0.05) is 5.69 Å². The Hall–Kier alpha value is 0.270. The molecular formula is C6H4F2I2N2. The first-order chi connectivity index (χ1) is 5.52. The molecule has 1 aromatic heterocycles. The van der Waals surface area contributed by atoms with Gasteiger partial charge < -0.3 is 5.73 Å². The van der Waals surface area contributed by atoms with E-state index in [-0.39, 0.29) is 5.69 Å². The number of pyridine rings is 1. The summed E-state index contributed by atoms with van der Waals surface area (Å²) < 4.78 is 25.5. The van der Waals surface area contributed by atoms with E-state index in [1.54, 1.807) is 0 Å². The quantitative estimate of drug-likeness (QED) is 0.586. The Kier molecular flexibility index (Phi) is 3.44. The van der Waals surface area contributed by atoms with Crippen molar-refractivity contribution in [2.45, 2.75) is 6.43 Å². The zero-order valence-corrected chi connectivity index (χ0v) is 10.0. The number of alkyl halides is 2. The van der Waals surface area contributed by atoms with Crippen molar-refractivity contribution in [1.82, 2.24) is 4.98 Å². The first-order valence-electron chi connectivity index (χ1n) is 2.92. The van der Waals surface area contributed by atoms with Crippen molar-refractivity contribution in [3.63, 3.8) is 0 Å². The molecule has 1 rings (SSSR count). The van der Waals surface area contributed by atoms with Crippen molar-refractivity contribution in [2.75, 3.05) is 5.73 Å². The van der Waals surface area contributed by atoms with Gasteiger partial charge in [-0.05, 0) is 51.2 Å². The number of halogens is 4. The van der Waals surface area contributed by atoms with E-state index in [4.69, 9.17) is 5.73 Å². The lowest BCUT2D eigenvalue weighted by Gasteiger charge is -2.04. The SMILES string of the molecule is Nc1cc(C(F)F)nc(I)c1I. The van der Waals surface area contributed by atoms with Gasteiger partial charge in [0.05, 0.1) is 3.57 Å². The largest absolute Gasteiger partial charge is 0.398 e. The molecule has 0 saturated carbocycles. The second kappa shape index (κ2) is 3.99. The average molecular weight is 396 g/mol. The molecular weight excluding hydrogens is 392 g/mol. The zero-order chi connectivity index (χ0) is 9.30. The molecule has 0 amide bonds. The summed E-state index contributed by atoms with van der Waals surface area (Å²) in [6, 6.07) is 1.20. The summed E-state index contributed by atoms with van der Waals surface area (Å²) in [5, 5.41) is 0. The van der Waals surface area contributed by atoms with Crippen LogP contribution in [0.15, 0.2) is 6.07 Å². The van der Waals surface area contributed by atoms with Crippen molar-refractivity contribution >= 4 is 50.9 Å². The van der Waals surface area contributed by atoms with Crippen molar-refractivity contribution in [3.8, 4) is 0 Å². The van der Waals surface area contributed by atoms with Crippen LogP contribution in [-0.2, 0) is 0 Å². The maximum atomic E-state index is 12.1. The van der Waals surface area contributed by atoms with Gasteiger partial charge in [0.1, 0.15) is 9.39 Å². The topological polar surface area (TPSA) is 38.9 Å². The molecule has 2 nitrogen and oxygen atoms in total. The minimum atomic E-state index is -2.56. The van der Waals surface area contributed by atoms with E-state index in [0.717, 1.165) is 3.57 Å². The molecule has 0 saturated heterocycles. The third-order valence-electron chi connectivity index (χ3n) is 1.19. The van der Waals surface area contributed by atoms with Gasteiger partial charge in [0.25, 0.3) is 6.43 Å². The summed E-state index contributed by atoms with van der Waals surface area (Å²) in [4.78, 5) is 3.68. The van der Waals surface area contributed by atoms with E-state index in [2.05, 4.69) is 4.98 Å². The second-order valence-corrected chi connectivity index (χ2v) is 4.14. The van der Waals surface area contributed by atoms with Crippen LogP contribution in [0.5, 0.6) is 0 Å². The summed E-state index contributed by atoms with van der Waals surface area (Å²) in [6.07, 6.45) is -2.56. The smallest absolute Gasteiger partial charge is 0.280 e. The lowest BCUT2D eigenvalue weighted by atomic mass is 10.3. The minimum Gasteiger partial charge on any atom is -0.398 e. The molecule has 0 radical (unpaired) electrons. The Bertz CT molecular complexity index is 281. The summed E-state index contributed by atoms with van der Waals surface area (Å²) in [7, 11) is 0. The van der Waals surface area contributed by atoms with Crippen LogP contribution in [0.3, 0.4) is 0 Å². The highest BCUT2D eigenvalue weighted by Gasteiger charge is 2.12. The monoisotopic (exact) mass is 396 g/mol. The third kappa shape index (κ3) is 2.15. The van der Waals surface area contributed by atoms with E-state index in [0.29, 0.717) is 9.39 Å². The van der Waals surface area contributed by atoms with Crippen LogP contribution in [-0.4, -0.2) is 4.98 Å². The fraction of sp³-hybridized carbons (Fsp3) is 0.167. The Balaban J connectivity index is 3.21. The first kappa shape index (κ1) is 10.4. The van der Waals surface area contributed by atoms with Gasteiger partial charge in [-0.2, -0.15) is 0 Å². The number of anilines is 1. The van der Waals surface area contributed by atoms with Gasteiger partial charge in [-0.25, -0.2) is 13.8 Å². The van der Waals surface area contributed by atoms with E-state index in [1.807, 2.05) is 45.2 Å². The standard InChI is InChI=1S/C6H4F2I2N2/c7-5(8)3-1-2(11)4(9)6(10)12-3/h1,5H,(H2,11,12). The average Bonchev–Trinajstić information content (AvgIpc) is 1.99. The Morgan fingerprint density at radius 2 is 2.00 bits per heavy atom. The highest BCUT2D eigenvalue weighted by atomic mass is 127. The maximum Gasteiger partial charge on any atom is 0.280 e. The summed E-state index contributed by atoms with van der Waals surface area (Å²) in [6.45, 7) is 0. The van der Waals surface area contributed by atoms with Gasteiger partial charge >= 0.3 is 0 Å². The number of aromatic nitrogens is 1. The summed E-state index contributed by atoms with van der Waals surface area (Å²) in [5.41, 5.74) is 5.56. The van der Waals surface area contributed by atoms with Crippen LogP contribution in [0.25, 0.3) is 0 Å². The van der Waals surface area contributed by atoms with Gasteiger partial charge in [0.2, 0.25) is 0 Å². The molecule has 0 atom stereocenters. The fourth-order valence-electron chi connectivity index (χ4n) is 0.648. The lowest BCUT2D eigenvalue weighted by Crippen LogP contribution is -2.00. The highest BCUT2D eigenvalue weighted by molar-refractivity contribution is 14.1. The molecule has 0 fully saturated rings. The normalized spacial score (nSPS) is 10.8. The molecule has 12 heavy (non-hydrogen) atoms. The van der Waals surface area contributed by atoms with Crippen LogP contribution in [0.4, 0.5) is 14.5 Å². The predicted octanol–water partition coefficient (Wildman–Crippen LogP) is 2.81. The van der Waals surface area contributed by atoms with Crippen molar-refractivity contribution < 1.29 is 8.78 Å². The molecule has 0 spiro atoms. The van der Waals surface area contributed by atoms with Crippen LogP contribution in [0.1, 0.15) is 12.1 Å². The molecule has 0 aliphatic heterocycles. The Labute approximate surface area is 95.2 Å². The number of nitrogens with zero attached hydrogens (tertiary/aromatic N) is 1.